The highest BCUT2D eigenvalue weighted by Gasteiger charge is 2.33. The number of phenolic OH excluding ortho intramolecular Hbond substituents is 1. The first kappa shape index (κ1) is 38.3. The standard InChI is InChI=1S/C37H43BrN6O8/c1-2-51-34(47)10-9-33(46)42-18-12-27(13-19-42)39-16-17-40-35(48)32(24-25-7-8-31(45)29(38)23-25)52-37(50)43-20-14-28(15-21-43)44-22-11-26-5-3-4-6-30(26)41-36(44)49/h3-8,23,27-28,32,45H,2,9-15,18-22,24H2,1H3,(H,41,49)/t32-/m1/s1. The van der Waals surface area contributed by atoms with Gasteiger partial charge >= 0.3 is 18.1 Å². The van der Waals surface area contributed by atoms with Crippen LogP contribution in [0.1, 0.15) is 56.6 Å². The van der Waals surface area contributed by atoms with Gasteiger partial charge in [-0.3, -0.25) is 14.4 Å². The Bertz CT molecular complexity index is 1740. The van der Waals surface area contributed by atoms with Gasteiger partial charge in [-0.2, -0.15) is 4.99 Å². The van der Waals surface area contributed by atoms with Gasteiger partial charge in [-0.1, -0.05) is 24.3 Å². The van der Waals surface area contributed by atoms with Gasteiger partial charge in [0.25, 0.3) is 5.91 Å². The number of hydrogen-bond donors (Lipinski definition) is 2. The Morgan fingerprint density at radius 2 is 1.71 bits per heavy atom. The minimum atomic E-state index is -1.28. The summed E-state index contributed by atoms with van der Waals surface area (Å²) in [5.41, 5.74) is 2.52. The summed E-state index contributed by atoms with van der Waals surface area (Å²) in [4.78, 5) is 76.8. The van der Waals surface area contributed by atoms with E-state index in [1.165, 1.54) is 11.0 Å². The van der Waals surface area contributed by atoms with Crippen molar-refractivity contribution in [2.75, 3.05) is 44.6 Å². The number of phenols is 1. The van der Waals surface area contributed by atoms with Crippen molar-refractivity contribution < 1.29 is 38.6 Å². The summed E-state index contributed by atoms with van der Waals surface area (Å²) in [6.07, 6.45) is 1.19. The number of urea groups is 1. The zero-order valence-corrected chi connectivity index (χ0v) is 30.7. The predicted octanol–water partition coefficient (Wildman–Crippen LogP) is 4.51. The van der Waals surface area contributed by atoms with Gasteiger partial charge in [0.15, 0.2) is 6.10 Å². The molecular formula is C37H43BrN6O8. The van der Waals surface area contributed by atoms with Crippen LogP contribution in [0.4, 0.5) is 15.3 Å². The summed E-state index contributed by atoms with van der Waals surface area (Å²) in [5, 5.41) is 12.9. The number of ether oxygens (including phenoxy) is 2. The Morgan fingerprint density at radius 3 is 2.44 bits per heavy atom. The molecule has 1 atom stereocenters. The van der Waals surface area contributed by atoms with Gasteiger partial charge in [0.05, 0.1) is 35.3 Å². The number of anilines is 1. The number of amides is 5. The Labute approximate surface area is 310 Å². The number of para-hydroxylation sites is 1. The Hall–Kier alpha value is -4.97. The van der Waals surface area contributed by atoms with Gasteiger partial charge in [-0.05, 0) is 84.3 Å². The number of hydrogen-bond acceptors (Lipinski definition) is 9. The molecule has 0 unspecified atom stereocenters. The number of carbonyl (C=O) groups excluding carboxylic acids is 5. The number of benzene rings is 2. The van der Waals surface area contributed by atoms with E-state index >= 15 is 0 Å². The fourth-order valence-corrected chi connectivity index (χ4v) is 6.91. The maximum atomic E-state index is 13.4. The third-order valence-corrected chi connectivity index (χ3v) is 10.0. The highest BCUT2D eigenvalue weighted by atomic mass is 79.9. The molecule has 5 rings (SSSR count). The van der Waals surface area contributed by atoms with E-state index in [4.69, 9.17) is 9.47 Å². The second-order valence-electron chi connectivity index (χ2n) is 12.8. The molecule has 3 heterocycles. The number of carbonyl (C=O) groups is 5. The number of likely N-dealkylation sites (tertiary alicyclic amines) is 2. The lowest BCUT2D eigenvalue weighted by Crippen LogP contribution is -2.50. The van der Waals surface area contributed by atoms with Crippen molar-refractivity contribution >= 4 is 63.3 Å². The molecule has 2 N–H and O–H groups in total. The van der Waals surface area contributed by atoms with Gasteiger partial charge in [0, 0.05) is 57.3 Å². The number of fused-ring (bicyclic) bond motifs is 1. The van der Waals surface area contributed by atoms with E-state index in [0.29, 0.717) is 68.4 Å². The van der Waals surface area contributed by atoms with Crippen LogP contribution in [0, 0.1) is 0 Å². The second kappa shape index (κ2) is 18.5. The highest BCUT2D eigenvalue weighted by Crippen LogP contribution is 2.27. The van der Waals surface area contributed by atoms with E-state index in [-0.39, 0.29) is 55.6 Å². The first-order valence-corrected chi connectivity index (χ1v) is 18.4. The lowest BCUT2D eigenvalue weighted by Gasteiger charge is -2.37. The fourth-order valence-electron chi connectivity index (χ4n) is 6.48. The summed E-state index contributed by atoms with van der Waals surface area (Å²) in [7, 11) is 0. The van der Waals surface area contributed by atoms with Crippen molar-refractivity contribution in [3.8, 4) is 5.75 Å². The van der Waals surface area contributed by atoms with E-state index in [1.54, 1.807) is 24.0 Å². The van der Waals surface area contributed by atoms with Crippen LogP contribution in [0.3, 0.4) is 0 Å². The van der Waals surface area contributed by atoms with Crippen LogP contribution >= 0.6 is 15.9 Å². The minimum absolute atomic E-state index is 0.000591. The van der Waals surface area contributed by atoms with E-state index in [2.05, 4.69) is 43.0 Å². The molecule has 5 amide bonds. The van der Waals surface area contributed by atoms with Crippen LogP contribution < -0.4 is 5.32 Å². The van der Waals surface area contributed by atoms with Gasteiger partial charge < -0.3 is 34.6 Å². The summed E-state index contributed by atoms with van der Waals surface area (Å²) in [6.45, 7) is 4.21. The van der Waals surface area contributed by atoms with E-state index < -0.39 is 24.1 Å². The molecule has 0 aliphatic carbocycles. The molecule has 52 heavy (non-hydrogen) atoms. The lowest BCUT2D eigenvalue weighted by molar-refractivity contribution is -0.145. The van der Waals surface area contributed by atoms with Crippen LogP contribution in [0.2, 0.25) is 0 Å². The maximum Gasteiger partial charge on any atom is 0.410 e. The molecule has 276 valence electrons. The van der Waals surface area contributed by atoms with Gasteiger partial charge in [-0.15, -0.1) is 0 Å². The van der Waals surface area contributed by atoms with E-state index in [9.17, 15) is 29.1 Å². The smallest absolute Gasteiger partial charge is 0.410 e. The zero-order valence-electron chi connectivity index (χ0n) is 29.1. The third kappa shape index (κ3) is 10.5. The highest BCUT2D eigenvalue weighted by molar-refractivity contribution is 9.10. The van der Waals surface area contributed by atoms with Crippen molar-refractivity contribution in [3.05, 3.63) is 58.1 Å². The van der Waals surface area contributed by atoms with Crippen molar-refractivity contribution in [1.82, 2.24) is 14.7 Å². The second-order valence-corrected chi connectivity index (χ2v) is 13.7. The van der Waals surface area contributed by atoms with E-state index in [1.807, 2.05) is 29.2 Å². The molecule has 2 aromatic rings. The van der Waals surface area contributed by atoms with Crippen LogP contribution in [0.25, 0.3) is 0 Å². The average molecular weight is 780 g/mol. The first-order chi connectivity index (χ1) is 25.1. The van der Waals surface area contributed by atoms with Crippen molar-refractivity contribution in [2.45, 2.75) is 76.5 Å². The van der Waals surface area contributed by atoms with Gasteiger partial charge in [-0.25, -0.2) is 14.6 Å². The summed E-state index contributed by atoms with van der Waals surface area (Å²) >= 11 is 3.28. The summed E-state index contributed by atoms with van der Waals surface area (Å²) < 4.78 is 11.0. The summed E-state index contributed by atoms with van der Waals surface area (Å²) in [6, 6.07) is 12.1. The molecule has 3 aliphatic rings. The van der Waals surface area contributed by atoms with Crippen molar-refractivity contribution in [1.29, 1.82) is 0 Å². The molecule has 0 radical (unpaired) electrons. The Kier molecular flexibility index (Phi) is 13.6. The number of rotatable bonds is 10. The predicted molar refractivity (Wildman–Crippen MR) is 196 cm³/mol. The first-order valence-electron chi connectivity index (χ1n) is 17.6. The van der Waals surface area contributed by atoms with Crippen LogP contribution in [0.5, 0.6) is 5.75 Å². The molecule has 2 saturated heterocycles. The molecule has 15 heteroatoms. The van der Waals surface area contributed by atoms with Crippen LogP contribution in [-0.4, -0.2) is 119 Å². The molecule has 14 nitrogen and oxygen atoms in total. The fraction of sp³-hybridized carbons (Fsp3) is 0.486. The largest absolute Gasteiger partial charge is 0.507 e. The van der Waals surface area contributed by atoms with Crippen molar-refractivity contribution in [2.24, 2.45) is 9.98 Å². The number of nitrogens with zero attached hydrogens (tertiary/aromatic N) is 5. The van der Waals surface area contributed by atoms with Gasteiger partial charge in [0.1, 0.15) is 5.75 Å². The number of aromatic hydroxyl groups is 1. The SMILES string of the molecule is CCOC(=O)CCC(=O)N1CCC(N=C=C=NC(=O)[C@@H](Cc2ccc(O)c(Br)c2)OC(=O)N2CCC(N3CCc4ccccc4NC3=O)CC2)CC1. The quantitative estimate of drug-likeness (QED) is 0.262. The Balaban J connectivity index is 1.16. The molecule has 0 spiro atoms. The number of piperidine rings is 2. The maximum absolute atomic E-state index is 13.4. The average Bonchev–Trinajstić information content (AvgIpc) is 3.32. The van der Waals surface area contributed by atoms with E-state index in [0.717, 1.165) is 17.7 Å². The normalized spacial score (nSPS) is 17.0. The molecule has 0 bridgehead atoms. The van der Waals surface area contributed by atoms with Crippen LogP contribution in [-0.2, 0) is 36.7 Å². The van der Waals surface area contributed by atoms with Crippen LogP contribution in [0.15, 0.2) is 56.9 Å². The lowest BCUT2D eigenvalue weighted by atomic mass is 10.0. The molecule has 3 aliphatic heterocycles. The molecular weight excluding hydrogens is 736 g/mol. The van der Waals surface area contributed by atoms with Crippen molar-refractivity contribution in [3.63, 3.8) is 0 Å². The third-order valence-electron chi connectivity index (χ3n) is 9.39. The number of esters is 1. The van der Waals surface area contributed by atoms with Gasteiger partial charge in [0.2, 0.25) is 5.91 Å². The summed E-state index contributed by atoms with van der Waals surface area (Å²) in [5.74, 6) is 3.79. The topological polar surface area (TPSA) is 171 Å². The molecule has 2 aromatic carbocycles. The number of nitrogens with one attached hydrogen (secondary N) is 1. The molecule has 0 aromatic heterocycles. The monoisotopic (exact) mass is 778 g/mol. The Morgan fingerprint density at radius 1 is 0.981 bits per heavy atom. The number of halogens is 1. The minimum Gasteiger partial charge on any atom is -0.507 e. The zero-order chi connectivity index (χ0) is 37.0. The molecule has 2 fully saturated rings. The number of aliphatic imine (C=N–C) groups is 2. The molecule has 0 saturated carbocycles.